The van der Waals surface area contributed by atoms with Gasteiger partial charge in [-0.2, -0.15) is 0 Å². The van der Waals surface area contributed by atoms with Crippen LogP contribution in [0.25, 0.3) is 0 Å². The van der Waals surface area contributed by atoms with Crippen molar-refractivity contribution in [2.24, 2.45) is 47.3 Å². The number of hydrogen-bond donors (Lipinski definition) is 0. The van der Waals surface area contributed by atoms with Crippen LogP contribution in [0, 0.1) is 47.3 Å². The lowest BCUT2D eigenvalue weighted by Crippen LogP contribution is -2.63. The van der Waals surface area contributed by atoms with Crippen molar-refractivity contribution in [2.45, 2.75) is 101 Å². The van der Waals surface area contributed by atoms with Crippen LogP contribution in [0.3, 0.4) is 0 Å². The summed E-state index contributed by atoms with van der Waals surface area (Å²) >= 11 is 0. The first-order chi connectivity index (χ1) is 18.8. The van der Waals surface area contributed by atoms with E-state index in [0.717, 1.165) is 44.9 Å². The molecule has 10 fully saturated rings. The number of Topliss-reactive ketones (excluding diaryl/α,β-unsaturated/α-hetero) is 2. The van der Waals surface area contributed by atoms with Crippen LogP contribution in [-0.2, 0) is 42.8 Å². The molecule has 3 heterocycles. The zero-order valence-electron chi connectivity index (χ0n) is 22.3. The molecule has 0 N–H and O–H groups in total. The highest BCUT2D eigenvalue weighted by molar-refractivity contribution is 5.87. The van der Waals surface area contributed by atoms with Gasteiger partial charge in [0.2, 0.25) is 0 Å². The lowest BCUT2D eigenvalue weighted by molar-refractivity contribution is -0.298. The summed E-state index contributed by atoms with van der Waals surface area (Å²) in [5.74, 6) is -0.648. The zero-order valence-corrected chi connectivity index (χ0v) is 22.3. The van der Waals surface area contributed by atoms with Crippen LogP contribution >= 0.6 is 0 Å². The zero-order chi connectivity index (χ0) is 26.4. The molecule has 0 aromatic heterocycles. The van der Waals surface area contributed by atoms with Gasteiger partial charge in [-0.15, -0.1) is 0 Å². The molecule has 2 spiro atoms. The highest BCUT2D eigenvalue weighted by Gasteiger charge is 2.76. The Balaban J connectivity index is 1.07. The van der Waals surface area contributed by atoms with Crippen molar-refractivity contribution in [3.8, 4) is 0 Å². The predicted molar refractivity (Wildman–Crippen MR) is 130 cm³/mol. The molecule has 10 unspecified atom stereocenters. The largest absolute Gasteiger partial charge is 0.459 e. The van der Waals surface area contributed by atoms with E-state index in [-0.39, 0.29) is 47.8 Å². The predicted octanol–water partition coefficient (Wildman–Crippen LogP) is 2.69. The quantitative estimate of drug-likeness (QED) is 0.395. The highest BCUT2D eigenvalue weighted by atomic mass is 16.9. The highest BCUT2D eigenvalue weighted by Crippen LogP contribution is 2.67. The van der Waals surface area contributed by atoms with Crippen molar-refractivity contribution in [3.05, 3.63) is 12.2 Å². The van der Waals surface area contributed by atoms with Gasteiger partial charge in [0.05, 0.1) is 11.8 Å². The lowest BCUT2D eigenvalue weighted by atomic mass is 9.52. The molecule has 9 nitrogen and oxygen atoms in total. The Bertz CT molecular complexity index is 1180. The van der Waals surface area contributed by atoms with E-state index < -0.39 is 48.2 Å². The average Bonchev–Trinajstić information content (AvgIpc) is 3.51. The van der Waals surface area contributed by atoms with Crippen molar-refractivity contribution < 1.29 is 42.8 Å². The number of hydrogen-bond acceptors (Lipinski definition) is 9. The average molecular weight is 541 g/mol. The third-order valence-corrected chi connectivity index (χ3v) is 12.1. The molecule has 10 rings (SSSR count). The summed E-state index contributed by atoms with van der Waals surface area (Å²) in [6.45, 7) is 5.25. The summed E-state index contributed by atoms with van der Waals surface area (Å²) in [7, 11) is 0. The van der Waals surface area contributed by atoms with Gasteiger partial charge in [0.25, 0.3) is 0 Å². The fourth-order valence-electron chi connectivity index (χ4n) is 10.4. The van der Waals surface area contributed by atoms with E-state index in [4.69, 9.17) is 28.4 Å². The van der Waals surface area contributed by atoms with Crippen molar-refractivity contribution in [2.75, 3.05) is 6.61 Å². The van der Waals surface area contributed by atoms with Gasteiger partial charge in [-0.3, -0.25) is 9.59 Å². The first-order valence-electron chi connectivity index (χ1n) is 15.0. The molecule has 0 amide bonds. The van der Waals surface area contributed by atoms with Crippen LogP contribution in [0.1, 0.15) is 58.3 Å². The first-order valence-corrected chi connectivity index (χ1v) is 15.0. The van der Waals surface area contributed by atoms with Crippen LogP contribution in [0.2, 0.25) is 0 Å². The standard InChI is InChI=1S/C30H36O9/c1-12(2)27(33)34-11-22-24-25(37-29(36-24)16-6-13-5-15(8-16)23(32)20(29)7-13)26-28(35-22)39-30(38-26)18-9-14-3-4-21(31)19(30)10-17(14)18/h13-20,22,24-26,28H,1,3-11H2,2H3/t13?,14?,15?,16?,17?,18?,19?,20?,22-,24+,25+,26-,28+,29?,30?/m1/s1. The maximum Gasteiger partial charge on any atom is 0.333 e. The second-order valence-electron chi connectivity index (χ2n) is 13.9. The number of fused-ring (bicyclic) bond motifs is 6. The normalized spacial score (nSPS) is 57.4. The summed E-state index contributed by atoms with van der Waals surface area (Å²) in [6, 6.07) is 0. The molecule has 0 radical (unpaired) electrons. The number of ether oxygens (including phenoxy) is 6. The third-order valence-electron chi connectivity index (χ3n) is 12.1. The smallest absolute Gasteiger partial charge is 0.333 e. The van der Waals surface area contributed by atoms with Crippen molar-refractivity contribution in [3.63, 3.8) is 0 Å². The maximum absolute atomic E-state index is 13.4. The summed E-state index contributed by atoms with van der Waals surface area (Å²) < 4.78 is 39.4. The summed E-state index contributed by atoms with van der Waals surface area (Å²) in [6.07, 6.45) is 3.79. The van der Waals surface area contributed by atoms with Crippen LogP contribution in [0.15, 0.2) is 12.2 Å². The van der Waals surface area contributed by atoms with E-state index in [1.165, 1.54) is 0 Å². The lowest BCUT2D eigenvalue weighted by Gasteiger charge is -2.57. The number of esters is 1. The molecule has 6 bridgehead atoms. The van der Waals surface area contributed by atoms with Crippen LogP contribution in [0.5, 0.6) is 0 Å². The molecular formula is C30H36O9. The molecule has 0 aromatic rings. The Kier molecular flexibility index (Phi) is 4.79. The Labute approximate surface area is 227 Å². The van der Waals surface area contributed by atoms with Gasteiger partial charge in [0, 0.05) is 29.7 Å². The summed E-state index contributed by atoms with van der Waals surface area (Å²) in [5, 5.41) is 0. The maximum atomic E-state index is 13.4. The van der Waals surface area contributed by atoms with E-state index in [1.54, 1.807) is 6.92 Å². The summed E-state index contributed by atoms with van der Waals surface area (Å²) in [4.78, 5) is 38.9. The Hall–Kier alpha value is -1.65. The topological polar surface area (TPSA) is 107 Å². The van der Waals surface area contributed by atoms with Gasteiger partial charge < -0.3 is 28.4 Å². The molecule has 7 aliphatic carbocycles. The number of carbonyl (C=O) groups excluding carboxylic acids is 3. The molecule has 0 aromatic carbocycles. The van der Waals surface area contributed by atoms with Gasteiger partial charge in [0.1, 0.15) is 42.6 Å². The molecule has 9 heteroatoms. The second kappa shape index (κ2) is 7.79. The monoisotopic (exact) mass is 540 g/mol. The minimum Gasteiger partial charge on any atom is -0.459 e. The van der Waals surface area contributed by atoms with E-state index in [0.29, 0.717) is 29.7 Å². The molecule has 39 heavy (non-hydrogen) atoms. The molecule has 7 saturated carbocycles. The molecule has 3 saturated heterocycles. The Morgan fingerprint density at radius 2 is 1.77 bits per heavy atom. The van der Waals surface area contributed by atoms with Crippen molar-refractivity contribution in [1.29, 1.82) is 0 Å². The fourth-order valence-corrected chi connectivity index (χ4v) is 10.4. The van der Waals surface area contributed by atoms with Crippen molar-refractivity contribution in [1.82, 2.24) is 0 Å². The van der Waals surface area contributed by atoms with E-state index in [1.807, 2.05) is 0 Å². The number of ketones is 2. The van der Waals surface area contributed by atoms with Gasteiger partial charge >= 0.3 is 5.97 Å². The van der Waals surface area contributed by atoms with Crippen molar-refractivity contribution >= 4 is 17.5 Å². The van der Waals surface area contributed by atoms with Crippen LogP contribution in [-0.4, -0.2) is 66.4 Å². The van der Waals surface area contributed by atoms with E-state index in [9.17, 15) is 14.4 Å². The third kappa shape index (κ3) is 2.96. The number of rotatable bonds is 3. The molecule has 10 aliphatic rings. The van der Waals surface area contributed by atoms with Gasteiger partial charge in [0.15, 0.2) is 17.9 Å². The molecular weight excluding hydrogens is 504 g/mol. The second-order valence-corrected chi connectivity index (χ2v) is 13.9. The van der Waals surface area contributed by atoms with Gasteiger partial charge in [-0.05, 0) is 69.6 Å². The van der Waals surface area contributed by atoms with E-state index >= 15 is 0 Å². The van der Waals surface area contributed by atoms with Gasteiger partial charge in [-0.25, -0.2) is 4.79 Å². The van der Waals surface area contributed by atoms with Gasteiger partial charge in [-0.1, -0.05) is 6.58 Å². The van der Waals surface area contributed by atoms with Crippen LogP contribution < -0.4 is 0 Å². The van der Waals surface area contributed by atoms with Crippen LogP contribution in [0.4, 0.5) is 0 Å². The molecule has 3 aliphatic heterocycles. The first kappa shape index (κ1) is 24.0. The molecule has 15 atom stereocenters. The number of carbonyl (C=O) groups is 3. The Morgan fingerprint density at radius 3 is 2.62 bits per heavy atom. The minimum absolute atomic E-state index is 0.0447. The van der Waals surface area contributed by atoms with E-state index in [2.05, 4.69) is 6.58 Å². The summed E-state index contributed by atoms with van der Waals surface area (Å²) in [5.41, 5.74) is 0.304. The SMILES string of the molecule is C=C(C)C(=O)OC[C@H]1O[C@H]2OC3(O[C@@H]2[C@H]2OC4(O[C@H]21)C1CC2CC(C1)C(=O)C4C2)C1CC2C(CCC1=O)CC23. The Morgan fingerprint density at radius 1 is 0.949 bits per heavy atom. The molecule has 210 valence electrons. The fraction of sp³-hybridized carbons (Fsp3) is 0.833. The minimum atomic E-state index is -1.01.